The highest BCUT2D eigenvalue weighted by atomic mass is 16.7. The lowest BCUT2D eigenvalue weighted by Crippen LogP contribution is -2.38. The molecule has 2 saturated heterocycles. The van der Waals surface area contributed by atoms with E-state index in [9.17, 15) is 28.8 Å². The average molecular weight is 789 g/mol. The molecule has 304 valence electrons. The minimum Gasteiger partial charge on any atom is -0.456 e. The molecule has 2 fully saturated rings. The number of rotatable bonds is 13. The van der Waals surface area contributed by atoms with Crippen molar-refractivity contribution in [2.45, 2.75) is 110 Å². The molecule has 2 aliphatic rings. The van der Waals surface area contributed by atoms with Crippen LogP contribution in [0, 0.1) is 0 Å². The first kappa shape index (κ1) is 41.6. The van der Waals surface area contributed by atoms with Gasteiger partial charge in [-0.2, -0.15) is 0 Å². The minimum absolute atomic E-state index is 0.000426. The highest BCUT2D eigenvalue weighted by molar-refractivity contribution is 5.71. The Morgan fingerprint density at radius 2 is 1.16 bits per heavy atom. The Morgan fingerprint density at radius 1 is 0.679 bits per heavy atom. The van der Waals surface area contributed by atoms with E-state index in [0.29, 0.717) is 26.1 Å². The minimum atomic E-state index is -0.926. The van der Waals surface area contributed by atoms with Crippen LogP contribution in [-0.4, -0.2) is 119 Å². The lowest BCUT2D eigenvalue weighted by atomic mass is 10.1. The van der Waals surface area contributed by atoms with Crippen LogP contribution in [0.5, 0.6) is 0 Å². The number of hydrogen-bond acceptors (Lipinski definition) is 18. The molecule has 8 atom stereocenters. The molecule has 4 aromatic heterocycles. The molecule has 0 bridgehead atoms. The van der Waals surface area contributed by atoms with Crippen molar-refractivity contribution in [1.29, 1.82) is 0 Å². The second-order valence-electron chi connectivity index (χ2n) is 12.7. The SMILES string of the molecule is CC[C@H]1O[C@@H](n2cnc3c(=O)[nH]cnc32)[C@@H](OC(C)=O)C1OC(C)=O.CC[C@H]1O[C@@H](n2cnc3c(=O)n(COCCOC)cnc32)[C@@H](OC(C)=O)C1OC(C)=O. The van der Waals surface area contributed by atoms with Gasteiger partial charge in [0.15, 0.2) is 59.2 Å². The van der Waals surface area contributed by atoms with E-state index in [-0.39, 0.29) is 29.1 Å². The van der Waals surface area contributed by atoms with Crippen LogP contribution < -0.4 is 11.1 Å². The number of nitrogens with one attached hydrogen (secondary N) is 1. The number of aromatic amines is 1. The van der Waals surface area contributed by atoms with Crippen molar-refractivity contribution in [2.75, 3.05) is 20.3 Å². The van der Waals surface area contributed by atoms with Crippen molar-refractivity contribution < 1.29 is 57.1 Å². The zero-order valence-corrected chi connectivity index (χ0v) is 31.8. The number of esters is 4. The van der Waals surface area contributed by atoms with Crippen molar-refractivity contribution in [1.82, 2.24) is 38.6 Å². The van der Waals surface area contributed by atoms with Crippen LogP contribution in [0.4, 0.5) is 0 Å². The first-order valence-electron chi connectivity index (χ1n) is 17.7. The Hall–Kier alpha value is -5.58. The summed E-state index contributed by atoms with van der Waals surface area (Å²) in [6, 6.07) is 0. The van der Waals surface area contributed by atoms with Crippen molar-refractivity contribution in [2.24, 2.45) is 0 Å². The maximum Gasteiger partial charge on any atom is 0.303 e. The summed E-state index contributed by atoms with van der Waals surface area (Å²) in [6.45, 7) is 9.52. The number of methoxy groups -OCH3 is 1. The summed E-state index contributed by atoms with van der Waals surface area (Å²) < 4.78 is 48.1. The summed E-state index contributed by atoms with van der Waals surface area (Å²) in [5, 5.41) is 0. The van der Waals surface area contributed by atoms with E-state index in [0.717, 1.165) is 0 Å². The van der Waals surface area contributed by atoms with Crippen LogP contribution in [0.3, 0.4) is 0 Å². The third-order valence-electron chi connectivity index (χ3n) is 8.71. The standard InChI is InChI=1S/C19H26N4O8.C15H18N4O6/c1-5-13-15(29-11(2)24)16(30-12(3)25)19(31-13)23-9-20-14-17(23)21-8-22(18(14)26)10-28-7-6-27-4;1-4-9-11(23-7(2)20)12(24-8(3)21)15(25-9)19-6-18-10-13(19)16-5-17-14(10)22/h8-9,13,15-16,19H,5-7,10H2,1-4H3;5-6,9,11-12,15H,4H2,1-3H3,(H,16,17,22)/t13-,15?,16+,19-;9-,11?,12+,15-/m11/s1. The Bertz CT molecular complexity index is 2150. The number of nitrogens with zero attached hydrogens (tertiary/aromatic N) is 7. The van der Waals surface area contributed by atoms with Crippen LogP contribution >= 0.6 is 0 Å². The second-order valence-corrected chi connectivity index (χ2v) is 12.7. The van der Waals surface area contributed by atoms with E-state index in [1.54, 1.807) is 7.11 Å². The molecule has 4 aromatic rings. The maximum atomic E-state index is 12.8. The van der Waals surface area contributed by atoms with Crippen LogP contribution in [0.2, 0.25) is 0 Å². The molecule has 2 aliphatic heterocycles. The summed E-state index contributed by atoms with van der Waals surface area (Å²) in [5.41, 5.74) is -0.0207. The summed E-state index contributed by atoms with van der Waals surface area (Å²) in [4.78, 5) is 90.0. The van der Waals surface area contributed by atoms with Crippen LogP contribution in [0.15, 0.2) is 34.9 Å². The van der Waals surface area contributed by atoms with Gasteiger partial charge < -0.3 is 42.9 Å². The maximum absolute atomic E-state index is 12.8. The summed E-state index contributed by atoms with van der Waals surface area (Å²) in [7, 11) is 1.55. The molecule has 22 nitrogen and oxygen atoms in total. The van der Waals surface area contributed by atoms with Crippen molar-refractivity contribution >= 4 is 46.2 Å². The Balaban J connectivity index is 0.000000219. The van der Waals surface area contributed by atoms with Crippen molar-refractivity contribution in [3.8, 4) is 0 Å². The summed E-state index contributed by atoms with van der Waals surface area (Å²) in [5.74, 6) is -2.12. The van der Waals surface area contributed by atoms with E-state index in [1.807, 2.05) is 13.8 Å². The van der Waals surface area contributed by atoms with Gasteiger partial charge in [0.05, 0.1) is 32.2 Å². The predicted octanol–water partition coefficient (Wildman–Crippen LogP) is 0.675. The van der Waals surface area contributed by atoms with Crippen LogP contribution in [0.1, 0.15) is 66.8 Å². The van der Waals surface area contributed by atoms with Gasteiger partial charge >= 0.3 is 23.9 Å². The van der Waals surface area contributed by atoms with E-state index in [2.05, 4.69) is 24.9 Å². The van der Waals surface area contributed by atoms with Crippen molar-refractivity contribution in [3.63, 3.8) is 0 Å². The lowest BCUT2D eigenvalue weighted by molar-refractivity contribution is -0.165. The van der Waals surface area contributed by atoms with E-state index in [4.69, 9.17) is 37.9 Å². The smallest absolute Gasteiger partial charge is 0.303 e. The highest BCUT2D eigenvalue weighted by Crippen LogP contribution is 2.37. The van der Waals surface area contributed by atoms with E-state index < -0.39 is 84.1 Å². The van der Waals surface area contributed by atoms with Gasteiger partial charge in [0.1, 0.15) is 25.3 Å². The Labute approximate surface area is 318 Å². The lowest BCUT2D eigenvalue weighted by Gasteiger charge is -2.23. The Morgan fingerprint density at radius 3 is 1.64 bits per heavy atom. The zero-order chi connectivity index (χ0) is 40.7. The molecule has 6 rings (SSSR count). The zero-order valence-electron chi connectivity index (χ0n) is 31.8. The fourth-order valence-corrected chi connectivity index (χ4v) is 6.40. The normalized spacial score (nSPS) is 24.4. The second kappa shape index (κ2) is 18.4. The Kier molecular flexibility index (Phi) is 13.6. The van der Waals surface area contributed by atoms with E-state index >= 15 is 0 Å². The molecular formula is C34H44N8O14. The van der Waals surface area contributed by atoms with Gasteiger partial charge in [-0.25, -0.2) is 19.9 Å². The van der Waals surface area contributed by atoms with Crippen LogP contribution in [-0.2, 0) is 63.8 Å². The fraction of sp³-hybridized carbons (Fsp3) is 0.588. The number of carbonyl (C=O) groups excluding carboxylic acids is 4. The van der Waals surface area contributed by atoms with Gasteiger partial charge in [0, 0.05) is 34.8 Å². The van der Waals surface area contributed by atoms with E-state index in [1.165, 1.54) is 66.7 Å². The van der Waals surface area contributed by atoms with Crippen molar-refractivity contribution in [3.05, 3.63) is 46.0 Å². The molecule has 0 aliphatic carbocycles. The van der Waals surface area contributed by atoms with Gasteiger partial charge in [-0.15, -0.1) is 0 Å². The molecule has 0 saturated carbocycles. The molecule has 22 heteroatoms. The first-order valence-corrected chi connectivity index (χ1v) is 17.7. The van der Waals surface area contributed by atoms with Gasteiger partial charge in [0.2, 0.25) is 0 Å². The molecule has 56 heavy (non-hydrogen) atoms. The molecule has 6 heterocycles. The first-order chi connectivity index (χ1) is 26.8. The molecule has 0 spiro atoms. The molecule has 1 N–H and O–H groups in total. The molecule has 0 radical (unpaired) electrons. The average Bonchev–Trinajstić information content (AvgIpc) is 3.92. The number of hydrogen-bond donors (Lipinski definition) is 1. The highest BCUT2D eigenvalue weighted by Gasteiger charge is 2.51. The molecule has 0 amide bonds. The molecular weight excluding hydrogens is 744 g/mol. The topological polar surface area (TPSA) is 258 Å². The number of imidazole rings is 2. The summed E-state index contributed by atoms with van der Waals surface area (Å²) >= 11 is 0. The third kappa shape index (κ3) is 9.09. The molecule has 0 aromatic carbocycles. The van der Waals surface area contributed by atoms with Gasteiger partial charge in [-0.1, -0.05) is 13.8 Å². The summed E-state index contributed by atoms with van der Waals surface area (Å²) in [6.07, 6.45) is 0.353. The third-order valence-corrected chi connectivity index (χ3v) is 8.71. The van der Waals surface area contributed by atoms with Gasteiger partial charge in [-0.05, 0) is 12.8 Å². The predicted molar refractivity (Wildman–Crippen MR) is 188 cm³/mol. The van der Waals surface area contributed by atoms with Gasteiger partial charge in [-0.3, -0.25) is 42.5 Å². The number of fused-ring (bicyclic) bond motifs is 2. The van der Waals surface area contributed by atoms with Crippen LogP contribution in [0.25, 0.3) is 22.3 Å². The number of ether oxygens (including phenoxy) is 8. The fourth-order valence-electron chi connectivity index (χ4n) is 6.40. The quantitative estimate of drug-likeness (QED) is 0.111. The van der Waals surface area contributed by atoms with Gasteiger partial charge in [0.25, 0.3) is 11.1 Å². The number of aromatic nitrogens is 8. The molecule has 2 unspecified atom stereocenters. The number of carbonyl (C=O) groups is 4. The monoisotopic (exact) mass is 788 g/mol. The number of H-pyrrole nitrogens is 1. The largest absolute Gasteiger partial charge is 0.456 e.